The average Bonchev–Trinajstić information content (AvgIpc) is 2.45. The van der Waals surface area contributed by atoms with Gasteiger partial charge in [0.25, 0.3) is 5.91 Å². The van der Waals surface area contributed by atoms with E-state index in [-0.39, 0.29) is 24.4 Å². The maximum atomic E-state index is 12.7. The molecule has 0 radical (unpaired) electrons. The van der Waals surface area contributed by atoms with Crippen molar-refractivity contribution < 1.29 is 19.0 Å². The van der Waals surface area contributed by atoms with Crippen molar-refractivity contribution in [2.24, 2.45) is 5.92 Å². The minimum absolute atomic E-state index is 0.0824. The van der Waals surface area contributed by atoms with Gasteiger partial charge in [0.2, 0.25) is 0 Å². The summed E-state index contributed by atoms with van der Waals surface area (Å²) in [7, 11) is 0. The lowest BCUT2D eigenvalue weighted by molar-refractivity contribution is -0.123. The first-order valence-corrected chi connectivity index (χ1v) is 6.96. The van der Waals surface area contributed by atoms with Crippen molar-refractivity contribution in [3.63, 3.8) is 0 Å². The van der Waals surface area contributed by atoms with Crippen LogP contribution < -0.4 is 10.1 Å². The molecule has 1 aromatic carbocycles. The largest absolute Gasteiger partial charge is 0.484 e. The summed E-state index contributed by atoms with van der Waals surface area (Å²) < 4.78 is 17.9. The molecule has 1 aliphatic carbocycles. The Kier molecular flexibility index (Phi) is 5.35. The molecule has 2 atom stereocenters. The minimum atomic E-state index is -0.336. The lowest BCUT2D eigenvalue weighted by atomic mass is 9.87. The lowest BCUT2D eigenvalue weighted by Crippen LogP contribution is -2.35. The first-order chi connectivity index (χ1) is 9.63. The lowest BCUT2D eigenvalue weighted by Gasteiger charge is -2.25. The van der Waals surface area contributed by atoms with Crippen molar-refractivity contribution in [1.29, 1.82) is 0 Å². The highest BCUT2D eigenvalue weighted by Crippen LogP contribution is 2.23. The molecule has 1 amide bonds. The fourth-order valence-electron chi connectivity index (χ4n) is 2.44. The number of nitrogens with one attached hydrogen (secondary N) is 1. The zero-order valence-electron chi connectivity index (χ0n) is 11.3. The van der Waals surface area contributed by atoms with Crippen LogP contribution in [0.25, 0.3) is 0 Å². The monoisotopic (exact) mass is 281 g/mol. The maximum absolute atomic E-state index is 12.7. The predicted molar refractivity (Wildman–Crippen MR) is 72.9 cm³/mol. The molecule has 1 saturated carbocycles. The molecule has 110 valence electrons. The van der Waals surface area contributed by atoms with Crippen LogP contribution >= 0.6 is 0 Å². The van der Waals surface area contributed by atoms with Gasteiger partial charge >= 0.3 is 0 Å². The van der Waals surface area contributed by atoms with Crippen LogP contribution in [0.4, 0.5) is 4.39 Å². The van der Waals surface area contributed by atoms with Crippen molar-refractivity contribution in [3.8, 4) is 5.75 Å². The molecule has 0 saturated heterocycles. The summed E-state index contributed by atoms with van der Waals surface area (Å²) in [5, 5.41) is 12.4. The number of carbonyl (C=O) groups excluding carboxylic acids is 1. The fourth-order valence-corrected chi connectivity index (χ4v) is 2.44. The number of benzene rings is 1. The molecular formula is C15H20FNO3. The highest BCUT2D eigenvalue weighted by atomic mass is 19.1. The van der Waals surface area contributed by atoms with E-state index < -0.39 is 0 Å². The number of amides is 1. The fraction of sp³-hybridized carbons (Fsp3) is 0.533. The van der Waals surface area contributed by atoms with Gasteiger partial charge in [0.05, 0.1) is 6.10 Å². The second-order valence-electron chi connectivity index (χ2n) is 5.23. The van der Waals surface area contributed by atoms with Gasteiger partial charge in [-0.05, 0) is 49.4 Å². The second-order valence-corrected chi connectivity index (χ2v) is 5.23. The molecule has 0 aliphatic heterocycles. The van der Waals surface area contributed by atoms with Gasteiger partial charge in [-0.2, -0.15) is 0 Å². The first kappa shape index (κ1) is 14.8. The van der Waals surface area contributed by atoms with Gasteiger partial charge in [-0.3, -0.25) is 4.79 Å². The molecule has 5 heteroatoms. The summed E-state index contributed by atoms with van der Waals surface area (Å²) in [6.07, 6.45) is 3.42. The number of aliphatic hydroxyl groups excluding tert-OH is 1. The molecule has 4 nitrogen and oxygen atoms in total. The quantitative estimate of drug-likeness (QED) is 0.866. The van der Waals surface area contributed by atoms with Gasteiger partial charge in [-0.15, -0.1) is 0 Å². The molecule has 20 heavy (non-hydrogen) atoms. The Morgan fingerprint density at radius 1 is 1.35 bits per heavy atom. The van der Waals surface area contributed by atoms with Crippen LogP contribution in [0.1, 0.15) is 25.7 Å². The number of aliphatic hydroxyl groups is 1. The van der Waals surface area contributed by atoms with Crippen molar-refractivity contribution >= 4 is 5.91 Å². The van der Waals surface area contributed by atoms with Crippen LogP contribution in [0, 0.1) is 11.7 Å². The van der Waals surface area contributed by atoms with Gasteiger partial charge in [0, 0.05) is 6.54 Å². The van der Waals surface area contributed by atoms with Crippen LogP contribution in [-0.4, -0.2) is 30.3 Å². The summed E-state index contributed by atoms with van der Waals surface area (Å²) >= 11 is 0. The van der Waals surface area contributed by atoms with E-state index in [2.05, 4.69) is 5.32 Å². The third-order valence-electron chi connectivity index (χ3n) is 3.53. The Labute approximate surface area is 117 Å². The molecule has 2 unspecified atom stereocenters. The smallest absolute Gasteiger partial charge is 0.257 e. The molecular weight excluding hydrogens is 261 g/mol. The van der Waals surface area contributed by atoms with E-state index in [4.69, 9.17) is 4.74 Å². The van der Waals surface area contributed by atoms with Gasteiger partial charge in [-0.25, -0.2) is 4.39 Å². The number of halogens is 1. The summed E-state index contributed by atoms with van der Waals surface area (Å²) in [6.45, 7) is 0.490. The third kappa shape index (κ3) is 4.81. The van der Waals surface area contributed by atoms with Crippen molar-refractivity contribution in [2.75, 3.05) is 13.2 Å². The van der Waals surface area contributed by atoms with Crippen LogP contribution in [-0.2, 0) is 4.79 Å². The van der Waals surface area contributed by atoms with Gasteiger partial charge in [0.15, 0.2) is 6.61 Å². The maximum Gasteiger partial charge on any atom is 0.257 e. The Hall–Kier alpha value is -1.62. The number of carbonyl (C=O) groups is 1. The standard InChI is InChI=1S/C15H20FNO3/c16-12-4-6-14(7-5-12)20-10-15(19)17-9-11-2-1-3-13(18)8-11/h4-7,11,13,18H,1-3,8-10H2,(H,17,19). The highest BCUT2D eigenvalue weighted by molar-refractivity contribution is 5.77. The second kappa shape index (κ2) is 7.24. The van der Waals surface area contributed by atoms with Crippen LogP contribution in [0.15, 0.2) is 24.3 Å². The molecule has 1 fully saturated rings. The van der Waals surface area contributed by atoms with E-state index in [1.165, 1.54) is 24.3 Å². The molecule has 0 aromatic heterocycles. The Balaban J connectivity index is 1.66. The Bertz CT molecular complexity index is 435. The summed E-state index contributed by atoms with van der Waals surface area (Å²) in [6, 6.07) is 5.55. The number of hydrogen-bond donors (Lipinski definition) is 2. The molecule has 1 aliphatic rings. The minimum Gasteiger partial charge on any atom is -0.484 e. The van der Waals surface area contributed by atoms with E-state index in [1.54, 1.807) is 0 Å². The van der Waals surface area contributed by atoms with E-state index in [1.807, 2.05) is 0 Å². The summed E-state index contributed by atoms with van der Waals surface area (Å²) in [5.74, 6) is 0.273. The summed E-state index contributed by atoms with van der Waals surface area (Å²) in [5.41, 5.74) is 0. The van der Waals surface area contributed by atoms with Crippen molar-refractivity contribution in [2.45, 2.75) is 31.8 Å². The zero-order chi connectivity index (χ0) is 14.4. The zero-order valence-corrected chi connectivity index (χ0v) is 11.3. The normalized spacial score (nSPS) is 22.3. The van der Waals surface area contributed by atoms with Crippen molar-refractivity contribution in [1.82, 2.24) is 5.32 Å². The van der Waals surface area contributed by atoms with E-state index in [9.17, 15) is 14.3 Å². The molecule has 0 heterocycles. The molecule has 0 bridgehead atoms. The van der Waals surface area contributed by atoms with E-state index in [0.717, 1.165) is 25.7 Å². The van der Waals surface area contributed by atoms with Crippen LogP contribution in [0.3, 0.4) is 0 Å². The van der Waals surface area contributed by atoms with E-state index in [0.29, 0.717) is 18.2 Å². The van der Waals surface area contributed by atoms with Crippen LogP contribution in [0.2, 0.25) is 0 Å². The first-order valence-electron chi connectivity index (χ1n) is 6.96. The number of hydrogen-bond acceptors (Lipinski definition) is 3. The Morgan fingerprint density at radius 3 is 2.80 bits per heavy atom. The Morgan fingerprint density at radius 2 is 2.10 bits per heavy atom. The van der Waals surface area contributed by atoms with E-state index >= 15 is 0 Å². The van der Waals surface area contributed by atoms with Gasteiger partial charge in [0.1, 0.15) is 11.6 Å². The molecule has 1 aromatic rings. The molecule has 0 spiro atoms. The average molecular weight is 281 g/mol. The van der Waals surface area contributed by atoms with Crippen molar-refractivity contribution in [3.05, 3.63) is 30.1 Å². The van der Waals surface area contributed by atoms with Gasteiger partial charge in [-0.1, -0.05) is 6.42 Å². The summed E-state index contributed by atoms with van der Waals surface area (Å²) in [4.78, 5) is 11.6. The topological polar surface area (TPSA) is 58.6 Å². The SMILES string of the molecule is O=C(COc1ccc(F)cc1)NCC1CCCC(O)C1. The third-order valence-corrected chi connectivity index (χ3v) is 3.53. The number of rotatable bonds is 5. The molecule has 2 rings (SSSR count). The van der Waals surface area contributed by atoms with Crippen LogP contribution in [0.5, 0.6) is 5.75 Å². The predicted octanol–water partition coefficient (Wildman–Crippen LogP) is 1.87. The molecule has 2 N–H and O–H groups in total. The highest BCUT2D eigenvalue weighted by Gasteiger charge is 2.20. The number of ether oxygens (including phenoxy) is 1. The van der Waals surface area contributed by atoms with Gasteiger partial charge < -0.3 is 15.2 Å².